The fourth-order valence-corrected chi connectivity index (χ4v) is 0.260. The van der Waals surface area contributed by atoms with Crippen LogP contribution >= 0.6 is 0 Å². The molecule has 0 aliphatic rings. The summed E-state index contributed by atoms with van der Waals surface area (Å²) in [5, 5.41) is 0. The average Bonchev–Trinajstić information content (AvgIpc) is 1.61. The summed E-state index contributed by atoms with van der Waals surface area (Å²) < 4.78 is 0. The molecule has 0 aromatic heterocycles. The number of rotatable bonds is 1. The minimum atomic E-state index is 1.31. The molecule has 39 valence electrons. The summed E-state index contributed by atoms with van der Waals surface area (Å²) >= 11 is 0. The fraction of sp³-hybridized carbons (Fsp3) is 0.286. The van der Waals surface area contributed by atoms with E-state index in [2.05, 4.69) is 20.8 Å². The molecule has 0 aromatic rings. The van der Waals surface area contributed by atoms with E-state index in [-0.39, 0.29) is 0 Å². The Morgan fingerprint density at radius 1 is 1.43 bits per heavy atom. The largest absolute Gasteiger partial charge is 0.0842 e. The monoisotopic (exact) mass is 95.1 g/mol. The van der Waals surface area contributed by atoms with Crippen LogP contribution in [0.1, 0.15) is 13.8 Å². The molecule has 0 heterocycles. The van der Waals surface area contributed by atoms with Gasteiger partial charge in [0, 0.05) is 0 Å². The number of allylic oxidation sites excluding steroid dienone is 4. The Labute approximate surface area is 45.5 Å². The first-order valence-electron chi connectivity index (χ1n) is 2.36. The molecule has 0 N–H and O–H groups in total. The average molecular weight is 95.2 g/mol. The molecule has 0 rings (SSSR count). The van der Waals surface area contributed by atoms with Gasteiger partial charge in [-0.25, -0.2) is 0 Å². The molecule has 0 amide bonds. The van der Waals surface area contributed by atoms with Crippen LogP contribution in [-0.2, 0) is 0 Å². The van der Waals surface area contributed by atoms with Crippen molar-refractivity contribution in [3.63, 3.8) is 0 Å². The summed E-state index contributed by atoms with van der Waals surface area (Å²) in [6.45, 7) is 7.64. The van der Waals surface area contributed by atoms with E-state index >= 15 is 0 Å². The third-order valence-corrected chi connectivity index (χ3v) is 0.566. The zero-order valence-corrected chi connectivity index (χ0v) is 4.94. The lowest BCUT2D eigenvalue weighted by Gasteiger charge is -1.77. The first-order valence-corrected chi connectivity index (χ1v) is 2.36. The maximum Gasteiger partial charge on any atom is -0.0313 e. The Hall–Kier alpha value is -0.520. The van der Waals surface area contributed by atoms with Crippen LogP contribution in [-0.4, -0.2) is 0 Å². The smallest absolute Gasteiger partial charge is 0.0313 e. The van der Waals surface area contributed by atoms with Gasteiger partial charge in [0.2, 0.25) is 0 Å². The van der Waals surface area contributed by atoms with Crippen LogP contribution < -0.4 is 0 Å². The minimum absolute atomic E-state index is 1.31. The van der Waals surface area contributed by atoms with Gasteiger partial charge in [-0.3, -0.25) is 0 Å². The van der Waals surface area contributed by atoms with Gasteiger partial charge in [0.15, 0.2) is 0 Å². The highest BCUT2D eigenvalue weighted by Crippen LogP contribution is 1.87. The maximum atomic E-state index is 3.53. The van der Waals surface area contributed by atoms with E-state index in [1.165, 1.54) is 5.57 Å². The first-order chi connectivity index (χ1) is 3.27. The fourth-order valence-electron chi connectivity index (χ4n) is 0.260. The highest BCUT2D eigenvalue weighted by Gasteiger charge is 1.65. The molecule has 0 saturated heterocycles. The summed E-state index contributed by atoms with van der Waals surface area (Å²) in [6.07, 6.45) is 5.72. The Morgan fingerprint density at radius 3 is 2.14 bits per heavy atom. The Kier molecular flexibility index (Phi) is 3.39. The van der Waals surface area contributed by atoms with Crippen LogP contribution in [0, 0.1) is 6.92 Å². The molecule has 0 saturated carbocycles. The molecule has 0 heteroatoms. The number of hydrogen-bond donors (Lipinski definition) is 0. The summed E-state index contributed by atoms with van der Waals surface area (Å²) in [7, 11) is 0. The van der Waals surface area contributed by atoms with Gasteiger partial charge in [0.05, 0.1) is 0 Å². The number of hydrogen-bond acceptors (Lipinski definition) is 0. The van der Waals surface area contributed by atoms with Crippen molar-refractivity contribution >= 4 is 0 Å². The van der Waals surface area contributed by atoms with Crippen LogP contribution in [0.2, 0.25) is 0 Å². The van der Waals surface area contributed by atoms with Crippen molar-refractivity contribution < 1.29 is 0 Å². The van der Waals surface area contributed by atoms with E-state index in [4.69, 9.17) is 0 Å². The van der Waals surface area contributed by atoms with E-state index in [1.54, 1.807) is 6.08 Å². The maximum absolute atomic E-state index is 3.53. The molecule has 7 heavy (non-hydrogen) atoms. The SMILES string of the molecule is [CH2]/C=C/C=C(C)C. The zero-order valence-electron chi connectivity index (χ0n) is 4.94. The van der Waals surface area contributed by atoms with E-state index in [1.807, 2.05) is 12.2 Å². The van der Waals surface area contributed by atoms with Crippen molar-refractivity contribution in [3.8, 4) is 0 Å². The molecule has 0 aromatic carbocycles. The summed E-state index contributed by atoms with van der Waals surface area (Å²) in [5.41, 5.74) is 1.31. The quantitative estimate of drug-likeness (QED) is 0.438. The van der Waals surface area contributed by atoms with Gasteiger partial charge in [-0.2, -0.15) is 0 Å². The topological polar surface area (TPSA) is 0 Å². The second kappa shape index (κ2) is 3.66. The van der Waals surface area contributed by atoms with Gasteiger partial charge >= 0.3 is 0 Å². The van der Waals surface area contributed by atoms with Gasteiger partial charge in [-0.15, -0.1) is 0 Å². The lowest BCUT2D eigenvalue weighted by Crippen LogP contribution is -1.56. The lowest BCUT2D eigenvalue weighted by atomic mass is 10.3. The molecule has 0 aliphatic heterocycles. The van der Waals surface area contributed by atoms with Crippen LogP contribution in [0.15, 0.2) is 23.8 Å². The molecule has 0 fully saturated rings. The second-order valence-electron chi connectivity index (χ2n) is 1.67. The molecule has 1 radical (unpaired) electrons. The van der Waals surface area contributed by atoms with Crippen molar-refractivity contribution in [3.05, 3.63) is 30.7 Å². The Balaban J connectivity index is 3.46. The highest BCUT2D eigenvalue weighted by molar-refractivity contribution is 5.08. The third-order valence-electron chi connectivity index (χ3n) is 0.566. The van der Waals surface area contributed by atoms with Gasteiger partial charge in [-0.1, -0.05) is 23.8 Å². The van der Waals surface area contributed by atoms with Crippen LogP contribution in [0.4, 0.5) is 0 Å². The van der Waals surface area contributed by atoms with Crippen molar-refractivity contribution in [2.24, 2.45) is 0 Å². The lowest BCUT2D eigenvalue weighted by molar-refractivity contribution is 1.39. The van der Waals surface area contributed by atoms with Gasteiger partial charge < -0.3 is 0 Å². The molecule has 0 aliphatic carbocycles. The second-order valence-corrected chi connectivity index (χ2v) is 1.67. The standard InChI is InChI=1S/C7H11/c1-4-5-6-7(2)3/h4-6H,1H2,2-3H3/b5-4+. The molecular weight excluding hydrogens is 84.1 g/mol. The molecule has 0 atom stereocenters. The third kappa shape index (κ3) is 5.48. The molecule has 0 unspecified atom stereocenters. The summed E-state index contributed by atoms with van der Waals surface area (Å²) in [4.78, 5) is 0. The van der Waals surface area contributed by atoms with Crippen molar-refractivity contribution in [2.75, 3.05) is 0 Å². The molecule has 0 spiro atoms. The van der Waals surface area contributed by atoms with Crippen molar-refractivity contribution in [2.45, 2.75) is 13.8 Å². The Bertz CT molecular complexity index is 82.2. The van der Waals surface area contributed by atoms with E-state index in [0.717, 1.165) is 0 Å². The van der Waals surface area contributed by atoms with Crippen LogP contribution in [0.3, 0.4) is 0 Å². The van der Waals surface area contributed by atoms with Gasteiger partial charge in [0.1, 0.15) is 0 Å². The highest BCUT2D eigenvalue weighted by atomic mass is 13.7. The van der Waals surface area contributed by atoms with Crippen LogP contribution in [0.25, 0.3) is 0 Å². The van der Waals surface area contributed by atoms with E-state index in [9.17, 15) is 0 Å². The summed E-state index contributed by atoms with van der Waals surface area (Å²) in [6, 6.07) is 0. The predicted molar refractivity (Wildman–Crippen MR) is 33.9 cm³/mol. The molecular formula is C7H11. The summed E-state index contributed by atoms with van der Waals surface area (Å²) in [5.74, 6) is 0. The zero-order chi connectivity index (χ0) is 5.70. The molecule has 0 nitrogen and oxygen atoms in total. The van der Waals surface area contributed by atoms with E-state index in [0.29, 0.717) is 0 Å². The Morgan fingerprint density at radius 2 is 2.00 bits per heavy atom. The predicted octanol–water partition coefficient (Wildman–Crippen LogP) is 2.34. The van der Waals surface area contributed by atoms with Crippen molar-refractivity contribution in [1.82, 2.24) is 0 Å². The van der Waals surface area contributed by atoms with Gasteiger partial charge in [0.25, 0.3) is 0 Å². The minimum Gasteiger partial charge on any atom is -0.0842 e. The van der Waals surface area contributed by atoms with Gasteiger partial charge in [-0.05, 0) is 20.8 Å². The normalized spacial score (nSPS) is 9.57. The van der Waals surface area contributed by atoms with Crippen molar-refractivity contribution in [1.29, 1.82) is 0 Å². The van der Waals surface area contributed by atoms with E-state index < -0.39 is 0 Å². The van der Waals surface area contributed by atoms with Crippen LogP contribution in [0.5, 0.6) is 0 Å². The first kappa shape index (κ1) is 6.48. The molecule has 0 bridgehead atoms.